The van der Waals surface area contributed by atoms with Crippen LogP contribution >= 0.6 is 0 Å². The Labute approximate surface area is 103 Å². The normalized spacial score (nSPS) is 46.1. The van der Waals surface area contributed by atoms with Gasteiger partial charge in [-0.2, -0.15) is 0 Å². The van der Waals surface area contributed by atoms with E-state index in [-0.39, 0.29) is 18.8 Å². The first-order valence-electron chi connectivity index (χ1n) is 6.49. The van der Waals surface area contributed by atoms with Crippen LogP contribution in [0.1, 0.15) is 33.6 Å². The molecule has 2 bridgehead atoms. The van der Waals surface area contributed by atoms with Gasteiger partial charge in [0.15, 0.2) is 0 Å². The molecule has 0 unspecified atom stereocenters. The minimum absolute atomic E-state index is 0.159. The minimum atomic E-state index is -0.273. The molecule has 4 fully saturated rings. The van der Waals surface area contributed by atoms with Crippen LogP contribution in [0.2, 0.25) is 0 Å². The van der Waals surface area contributed by atoms with Crippen LogP contribution in [0, 0.1) is 17.3 Å². The SMILES string of the molecule is CC1(C)[C@H]2C[C@H]3OB(CNC=O)O[C@@]3(C)[C@H]1C2. The molecule has 0 aromatic heterocycles. The zero-order chi connectivity index (χ0) is 12.3. The summed E-state index contributed by atoms with van der Waals surface area (Å²) in [6, 6.07) is 0. The van der Waals surface area contributed by atoms with Gasteiger partial charge >= 0.3 is 7.12 Å². The number of carbonyl (C=O) groups excluding carboxylic acids is 1. The predicted molar refractivity (Wildman–Crippen MR) is 64.2 cm³/mol. The lowest BCUT2D eigenvalue weighted by Gasteiger charge is -2.64. The lowest BCUT2D eigenvalue weighted by Crippen LogP contribution is -2.65. The van der Waals surface area contributed by atoms with Gasteiger partial charge in [-0.1, -0.05) is 13.8 Å². The Kier molecular flexibility index (Phi) is 2.36. The highest BCUT2D eigenvalue weighted by Gasteiger charge is 2.67. The quantitative estimate of drug-likeness (QED) is 0.588. The van der Waals surface area contributed by atoms with Gasteiger partial charge in [0.1, 0.15) is 0 Å². The topological polar surface area (TPSA) is 47.6 Å². The number of nitrogens with one attached hydrogen (secondary N) is 1. The van der Waals surface area contributed by atoms with Gasteiger partial charge in [-0.25, -0.2) is 0 Å². The second-order valence-electron chi connectivity index (χ2n) is 6.42. The summed E-state index contributed by atoms with van der Waals surface area (Å²) < 4.78 is 12.0. The maximum Gasteiger partial charge on any atom is 0.478 e. The summed E-state index contributed by atoms with van der Waals surface area (Å²) in [6.07, 6.45) is 3.71. The van der Waals surface area contributed by atoms with E-state index in [1.807, 2.05) is 0 Å². The third-order valence-corrected chi connectivity index (χ3v) is 5.37. The first kappa shape index (κ1) is 11.5. The van der Waals surface area contributed by atoms with E-state index in [4.69, 9.17) is 9.31 Å². The van der Waals surface area contributed by atoms with Crippen LogP contribution < -0.4 is 5.32 Å². The van der Waals surface area contributed by atoms with E-state index >= 15 is 0 Å². The molecule has 3 saturated carbocycles. The Balaban J connectivity index is 1.75. The molecule has 1 aliphatic heterocycles. The van der Waals surface area contributed by atoms with Crippen molar-refractivity contribution in [3.05, 3.63) is 0 Å². The van der Waals surface area contributed by atoms with Crippen molar-refractivity contribution >= 4 is 13.5 Å². The van der Waals surface area contributed by atoms with E-state index in [9.17, 15) is 4.79 Å². The summed E-state index contributed by atoms with van der Waals surface area (Å²) in [5.74, 6) is 1.35. The van der Waals surface area contributed by atoms with Crippen LogP contribution in [-0.2, 0) is 14.1 Å². The molecule has 0 aromatic rings. The van der Waals surface area contributed by atoms with Gasteiger partial charge < -0.3 is 14.6 Å². The van der Waals surface area contributed by atoms with Crippen molar-refractivity contribution in [1.29, 1.82) is 0 Å². The molecule has 5 heteroatoms. The van der Waals surface area contributed by atoms with Crippen molar-refractivity contribution < 1.29 is 14.1 Å². The fourth-order valence-electron chi connectivity index (χ4n) is 4.18. The zero-order valence-corrected chi connectivity index (χ0v) is 10.7. The molecular formula is C12H20BNO3. The maximum atomic E-state index is 10.3. The van der Waals surface area contributed by atoms with Gasteiger partial charge in [0, 0.05) is 0 Å². The number of carbonyl (C=O) groups is 1. The average molecular weight is 237 g/mol. The maximum absolute atomic E-state index is 10.3. The Morgan fingerprint density at radius 1 is 1.41 bits per heavy atom. The molecular weight excluding hydrogens is 217 g/mol. The second-order valence-corrected chi connectivity index (χ2v) is 6.42. The number of hydrogen-bond acceptors (Lipinski definition) is 3. The zero-order valence-electron chi connectivity index (χ0n) is 10.7. The van der Waals surface area contributed by atoms with Crippen LogP contribution in [0.25, 0.3) is 0 Å². The van der Waals surface area contributed by atoms with Crippen molar-refractivity contribution in [1.82, 2.24) is 5.32 Å². The fourth-order valence-corrected chi connectivity index (χ4v) is 4.18. The van der Waals surface area contributed by atoms with Gasteiger partial charge in [0.2, 0.25) is 6.41 Å². The molecule has 4 aliphatic rings. The highest BCUT2D eigenvalue weighted by Crippen LogP contribution is 2.65. The number of rotatable bonds is 3. The molecule has 4 atom stereocenters. The Morgan fingerprint density at radius 2 is 2.18 bits per heavy atom. The standard InChI is InChI=1S/C12H20BNO3/c1-11(2)8-4-9(11)12(3)10(5-8)16-13(17-12)6-14-7-15/h7-10H,4-6H2,1-3H3,(H,14,15)/t8-,9+,10-,12+/m1/s1. The summed E-state index contributed by atoms with van der Waals surface area (Å²) in [7, 11) is -0.273. The molecule has 1 amide bonds. The molecule has 17 heavy (non-hydrogen) atoms. The summed E-state index contributed by atoms with van der Waals surface area (Å²) in [6.45, 7) is 6.86. The monoisotopic (exact) mass is 237 g/mol. The van der Waals surface area contributed by atoms with Crippen LogP contribution in [0.4, 0.5) is 0 Å². The molecule has 1 N–H and O–H groups in total. The summed E-state index contributed by atoms with van der Waals surface area (Å²) >= 11 is 0. The van der Waals surface area contributed by atoms with Gasteiger partial charge in [-0.3, -0.25) is 4.79 Å². The first-order chi connectivity index (χ1) is 7.98. The fraction of sp³-hybridized carbons (Fsp3) is 0.917. The lowest BCUT2D eigenvalue weighted by molar-refractivity contribution is -0.199. The van der Waals surface area contributed by atoms with Gasteiger partial charge in [0.25, 0.3) is 0 Å². The van der Waals surface area contributed by atoms with Crippen LogP contribution in [-0.4, -0.2) is 31.7 Å². The molecule has 4 rings (SSSR count). The van der Waals surface area contributed by atoms with Crippen LogP contribution in [0.15, 0.2) is 0 Å². The molecule has 1 heterocycles. The van der Waals surface area contributed by atoms with Crippen molar-refractivity contribution in [2.75, 3.05) is 6.44 Å². The first-order valence-corrected chi connectivity index (χ1v) is 6.49. The Morgan fingerprint density at radius 3 is 2.82 bits per heavy atom. The van der Waals surface area contributed by atoms with Crippen molar-refractivity contribution in [3.8, 4) is 0 Å². The number of amides is 1. The van der Waals surface area contributed by atoms with Crippen molar-refractivity contribution in [2.24, 2.45) is 17.3 Å². The van der Waals surface area contributed by atoms with Crippen molar-refractivity contribution in [3.63, 3.8) is 0 Å². The average Bonchev–Trinajstić information content (AvgIpc) is 2.61. The summed E-state index contributed by atoms with van der Waals surface area (Å²) in [4.78, 5) is 10.3. The lowest BCUT2D eigenvalue weighted by atomic mass is 9.43. The third-order valence-electron chi connectivity index (χ3n) is 5.37. The van der Waals surface area contributed by atoms with Crippen molar-refractivity contribution in [2.45, 2.75) is 45.3 Å². The molecule has 4 nitrogen and oxygen atoms in total. The third kappa shape index (κ3) is 1.42. The van der Waals surface area contributed by atoms with E-state index in [1.165, 1.54) is 6.42 Å². The highest BCUT2D eigenvalue weighted by molar-refractivity contribution is 6.45. The second kappa shape index (κ2) is 3.48. The molecule has 1 saturated heterocycles. The summed E-state index contributed by atoms with van der Waals surface area (Å²) in [5, 5.41) is 2.64. The van der Waals surface area contributed by atoms with Crippen LogP contribution in [0.3, 0.4) is 0 Å². The van der Waals surface area contributed by atoms with Gasteiger partial charge in [0.05, 0.1) is 18.1 Å². The Hall–Kier alpha value is -0.545. The predicted octanol–water partition coefficient (Wildman–Crippen LogP) is 1.000. The van der Waals surface area contributed by atoms with Gasteiger partial charge in [-0.15, -0.1) is 0 Å². The molecule has 0 aromatic carbocycles. The van der Waals surface area contributed by atoms with E-state index in [0.717, 1.165) is 12.3 Å². The largest absolute Gasteiger partial charge is 0.478 e. The van der Waals surface area contributed by atoms with Crippen LogP contribution in [0.5, 0.6) is 0 Å². The van der Waals surface area contributed by atoms with E-state index in [1.54, 1.807) is 0 Å². The smallest absolute Gasteiger partial charge is 0.404 e. The Bertz CT molecular complexity index is 349. The number of hydrogen-bond donors (Lipinski definition) is 1. The molecule has 3 aliphatic carbocycles. The molecule has 0 spiro atoms. The van der Waals surface area contributed by atoms with Gasteiger partial charge in [-0.05, 0) is 37.0 Å². The van der Waals surface area contributed by atoms with E-state index in [0.29, 0.717) is 24.2 Å². The minimum Gasteiger partial charge on any atom is -0.404 e. The highest BCUT2D eigenvalue weighted by atomic mass is 16.7. The molecule has 94 valence electrons. The van der Waals surface area contributed by atoms with E-state index < -0.39 is 0 Å². The summed E-state index contributed by atoms with van der Waals surface area (Å²) in [5.41, 5.74) is 0.217. The molecule has 0 radical (unpaired) electrons. The van der Waals surface area contributed by atoms with E-state index in [2.05, 4.69) is 26.1 Å².